The number of hydrogen-bond donors (Lipinski definition) is 1. The molecule has 2 aromatic heterocycles. The van der Waals surface area contributed by atoms with Gasteiger partial charge in [0.2, 0.25) is 0 Å². The standard InChI is InChI=1S/C19H21N5O3/c1-11(2)24-17(7-8-20-24)23-18(25)10-27-19(26)14-5-6-15-16(9-14)22-13(4)12(3)21-15/h5-9,11H,10H2,1-4H3,(H,23,25). The summed E-state index contributed by atoms with van der Waals surface area (Å²) in [5, 5.41) is 6.82. The molecule has 1 aromatic carbocycles. The molecular weight excluding hydrogens is 346 g/mol. The molecule has 1 amide bonds. The summed E-state index contributed by atoms with van der Waals surface area (Å²) in [5.41, 5.74) is 3.27. The third-order valence-electron chi connectivity index (χ3n) is 4.07. The first-order chi connectivity index (χ1) is 12.8. The second-order valence-corrected chi connectivity index (χ2v) is 6.48. The summed E-state index contributed by atoms with van der Waals surface area (Å²) in [7, 11) is 0. The highest BCUT2D eigenvalue weighted by Crippen LogP contribution is 2.16. The summed E-state index contributed by atoms with van der Waals surface area (Å²) in [6.45, 7) is 7.26. The zero-order valence-corrected chi connectivity index (χ0v) is 15.7. The van der Waals surface area contributed by atoms with Gasteiger partial charge in [0.1, 0.15) is 5.82 Å². The Balaban J connectivity index is 1.65. The maximum absolute atomic E-state index is 12.3. The van der Waals surface area contributed by atoms with Crippen LogP contribution in [0.3, 0.4) is 0 Å². The molecule has 0 spiro atoms. The molecule has 0 atom stereocenters. The third kappa shape index (κ3) is 4.11. The van der Waals surface area contributed by atoms with Crippen LogP contribution in [0.1, 0.15) is 41.6 Å². The predicted molar refractivity (Wildman–Crippen MR) is 101 cm³/mol. The number of carbonyl (C=O) groups is 2. The summed E-state index contributed by atoms with van der Waals surface area (Å²) in [6.07, 6.45) is 1.60. The van der Waals surface area contributed by atoms with Crippen molar-refractivity contribution in [1.29, 1.82) is 0 Å². The van der Waals surface area contributed by atoms with Crippen molar-refractivity contribution in [3.05, 3.63) is 47.4 Å². The molecule has 2 heterocycles. The van der Waals surface area contributed by atoms with E-state index in [-0.39, 0.29) is 6.04 Å². The topological polar surface area (TPSA) is 99.0 Å². The molecular formula is C19H21N5O3. The van der Waals surface area contributed by atoms with Crippen LogP contribution in [0.4, 0.5) is 5.82 Å². The van der Waals surface area contributed by atoms with Crippen molar-refractivity contribution >= 4 is 28.7 Å². The van der Waals surface area contributed by atoms with E-state index in [1.807, 2.05) is 27.7 Å². The molecule has 8 heteroatoms. The van der Waals surface area contributed by atoms with Crippen LogP contribution >= 0.6 is 0 Å². The van der Waals surface area contributed by atoms with Gasteiger partial charge in [-0.25, -0.2) is 19.4 Å². The Labute approximate surface area is 156 Å². The number of aromatic nitrogens is 4. The van der Waals surface area contributed by atoms with Crippen molar-refractivity contribution in [3.63, 3.8) is 0 Å². The average Bonchev–Trinajstić information content (AvgIpc) is 3.08. The summed E-state index contributed by atoms with van der Waals surface area (Å²) in [6, 6.07) is 6.73. The van der Waals surface area contributed by atoms with Gasteiger partial charge in [-0.05, 0) is 45.9 Å². The van der Waals surface area contributed by atoms with Gasteiger partial charge >= 0.3 is 5.97 Å². The number of fused-ring (bicyclic) bond motifs is 1. The van der Waals surface area contributed by atoms with E-state index in [0.717, 1.165) is 11.4 Å². The Hall–Kier alpha value is -3.29. The molecule has 8 nitrogen and oxygen atoms in total. The van der Waals surface area contributed by atoms with Gasteiger partial charge in [-0.15, -0.1) is 0 Å². The number of aryl methyl sites for hydroxylation is 2. The number of benzene rings is 1. The summed E-state index contributed by atoms with van der Waals surface area (Å²) in [4.78, 5) is 33.2. The lowest BCUT2D eigenvalue weighted by atomic mass is 10.2. The molecule has 3 rings (SSSR count). The number of esters is 1. The van der Waals surface area contributed by atoms with Crippen molar-refractivity contribution in [2.75, 3.05) is 11.9 Å². The molecule has 0 bridgehead atoms. The van der Waals surface area contributed by atoms with Gasteiger partial charge in [-0.2, -0.15) is 5.10 Å². The fourth-order valence-electron chi connectivity index (χ4n) is 2.58. The Morgan fingerprint density at radius 2 is 1.81 bits per heavy atom. The van der Waals surface area contributed by atoms with Gasteiger partial charge < -0.3 is 10.1 Å². The van der Waals surface area contributed by atoms with E-state index in [1.165, 1.54) is 0 Å². The van der Waals surface area contributed by atoms with Crippen LogP contribution in [0.25, 0.3) is 11.0 Å². The first kappa shape index (κ1) is 18.5. The number of anilines is 1. The lowest BCUT2D eigenvalue weighted by molar-refractivity contribution is -0.119. The molecule has 0 aliphatic carbocycles. The lowest BCUT2D eigenvalue weighted by Gasteiger charge is -2.12. The minimum Gasteiger partial charge on any atom is -0.452 e. The number of nitrogens with zero attached hydrogens (tertiary/aromatic N) is 4. The second kappa shape index (κ2) is 7.53. The molecule has 3 aromatic rings. The van der Waals surface area contributed by atoms with Crippen LogP contribution in [-0.2, 0) is 9.53 Å². The zero-order valence-electron chi connectivity index (χ0n) is 15.7. The Morgan fingerprint density at radius 3 is 2.52 bits per heavy atom. The predicted octanol–water partition coefficient (Wildman–Crippen LogP) is 2.82. The summed E-state index contributed by atoms with van der Waals surface area (Å²) < 4.78 is 6.79. The molecule has 1 N–H and O–H groups in total. The second-order valence-electron chi connectivity index (χ2n) is 6.48. The van der Waals surface area contributed by atoms with Gasteiger partial charge in [0.05, 0.1) is 34.2 Å². The average molecular weight is 367 g/mol. The van der Waals surface area contributed by atoms with Crippen LogP contribution in [0.15, 0.2) is 30.5 Å². The van der Waals surface area contributed by atoms with Gasteiger partial charge in [0.25, 0.3) is 5.91 Å². The fourth-order valence-corrected chi connectivity index (χ4v) is 2.58. The highest BCUT2D eigenvalue weighted by atomic mass is 16.5. The van der Waals surface area contributed by atoms with Gasteiger partial charge in [0.15, 0.2) is 6.61 Å². The molecule has 0 radical (unpaired) electrons. The zero-order chi connectivity index (χ0) is 19.6. The Morgan fingerprint density at radius 1 is 1.11 bits per heavy atom. The van der Waals surface area contributed by atoms with Crippen molar-refractivity contribution in [2.45, 2.75) is 33.7 Å². The van der Waals surface area contributed by atoms with Crippen LogP contribution < -0.4 is 5.32 Å². The van der Waals surface area contributed by atoms with Crippen molar-refractivity contribution < 1.29 is 14.3 Å². The van der Waals surface area contributed by atoms with E-state index in [2.05, 4.69) is 20.4 Å². The minimum absolute atomic E-state index is 0.101. The number of nitrogens with one attached hydrogen (secondary N) is 1. The number of rotatable bonds is 5. The molecule has 0 saturated carbocycles. The molecule has 0 aliphatic heterocycles. The largest absolute Gasteiger partial charge is 0.452 e. The van der Waals surface area contributed by atoms with E-state index in [1.54, 1.807) is 35.1 Å². The lowest BCUT2D eigenvalue weighted by Crippen LogP contribution is -2.23. The van der Waals surface area contributed by atoms with Crippen LogP contribution in [0, 0.1) is 13.8 Å². The van der Waals surface area contributed by atoms with Crippen molar-refractivity contribution in [2.24, 2.45) is 0 Å². The van der Waals surface area contributed by atoms with Gasteiger partial charge in [-0.1, -0.05) is 0 Å². The van der Waals surface area contributed by atoms with Gasteiger partial charge in [0, 0.05) is 12.1 Å². The molecule has 0 aliphatic rings. The van der Waals surface area contributed by atoms with Crippen LogP contribution in [-0.4, -0.2) is 38.2 Å². The Bertz CT molecular complexity index is 1010. The van der Waals surface area contributed by atoms with Gasteiger partial charge in [-0.3, -0.25) is 4.79 Å². The fraction of sp³-hybridized carbons (Fsp3) is 0.316. The quantitative estimate of drug-likeness (QED) is 0.696. The molecule has 27 heavy (non-hydrogen) atoms. The summed E-state index contributed by atoms with van der Waals surface area (Å²) >= 11 is 0. The Kier molecular flexibility index (Phi) is 5.16. The van der Waals surface area contributed by atoms with Crippen LogP contribution in [0.5, 0.6) is 0 Å². The van der Waals surface area contributed by atoms with Crippen molar-refractivity contribution in [3.8, 4) is 0 Å². The maximum Gasteiger partial charge on any atom is 0.338 e. The first-order valence-corrected chi connectivity index (χ1v) is 8.60. The first-order valence-electron chi connectivity index (χ1n) is 8.60. The number of amides is 1. The van der Waals surface area contributed by atoms with Crippen LogP contribution in [0.2, 0.25) is 0 Å². The highest BCUT2D eigenvalue weighted by molar-refractivity contribution is 5.96. The minimum atomic E-state index is -0.593. The van der Waals surface area contributed by atoms with E-state index in [0.29, 0.717) is 22.4 Å². The third-order valence-corrected chi connectivity index (χ3v) is 4.07. The smallest absolute Gasteiger partial charge is 0.338 e. The maximum atomic E-state index is 12.3. The number of hydrogen-bond acceptors (Lipinski definition) is 6. The summed E-state index contributed by atoms with van der Waals surface area (Å²) in [5.74, 6) is -0.472. The normalized spacial score (nSPS) is 11.0. The van der Waals surface area contributed by atoms with E-state index < -0.39 is 18.5 Å². The van der Waals surface area contributed by atoms with E-state index >= 15 is 0 Å². The molecule has 0 fully saturated rings. The number of carbonyl (C=O) groups excluding carboxylic acids is 2. The molecule has 0 unspecified atom stereocenters. The van der Waals surface area contributed by atoms with E-state index in [4.69, 9.17) is 4.74 Å². The van der Waals surface area contributed by atoms with E-state index in [9.17, 15) is 9.59 Å². The molecule has 0 saturated heterocycles. The van der Waals surface area contributed by atoms with Crippen molar-refractivity contribution in [1.82, 2.24) is 19.7 Å². The number of ether oxygens (including phenoxy) is 1. The SMILES string of the molecule is Cc1nc2ccc(C(=O)OCC(=O)Nc3ccnn3C(C)C)cc2nc1C. The highest BCUT2D eigenvalue weighted by Gasteiger charge is 2.14. The monoisotopic (exact) mass is 367 g/mol. The molecule has 140 valence electrons.